The summed E-state index contributed by atoms with van der Waals surface area (Å²) in [5.41, 5.74) is 2.12. The second kappa shape index (κ2) is 3.88. The summed E-state index contributed by atoms with van der Waals surface area (Å²) in [7, 11) is 0. The van der Waals surface area contributed by atoms with E-state index in [4.69, 9.17) is 1.41 Å². The van der Waals surface area contributed by atoms with Crippen molar-refractivity contribution >= 4 is 5.69 Å². The fourth-order valence-corrected chi connectivity index (χ4v) is 1.57. The van der Waals surface area contributed by atoms with Crippen LogP contribution in [0.1, 0.15) is 47.1 Å². The van der Waals surface area contributed by atoms with E-state index in [1.54, 1.807) is 5.31 Å². The molecule has 0 fully saturated rings. The third-order valence-corrected chi connectivity index (χ3v) is 2.17. The number of rotatable bonds is 1. The van der Waals surface area contributed by atoms with Crippen LogP contribution in [-0.2, 0) is 5.41 Å². The van der Waals surface area contributed by atoms with E-state index in [-0.39, 0.29) is 11.0 Å². The van der Waals surface area contributed by atoms with Gasteiger partial charge in [-0.2, -0.15) is 0 Å². The predicted octanol–water partition coefficient (Wildman–Crippen LogP) is 4.19. The van der Waals surface area contributed by atoms with Gasteiger partial charge in [0.2, 0.25) is 0 Å². The summed E-state index contributed by atoms with van der Waals surface area (Å²) in [6, 6.07) is 8.18. The monoisotopic (exact) mass is 206 g/mol. The molecule has 1 aromatic carbocycles. The number of para-hydroxylation sites is 1. The van der Waals surface area contributed by atoms with Crippen molar-refractivity contribution in [3.8, 4) is 0 Å². The molecule has 0 saturated carbocycles. The van der Waals surface area contributed by atoms with Crippen molar-refractivity contribution in [2.24, 2.45) is 0 Å². The maximum Gasteiger partial charge on any atom is 0.161 e. The smallest absolute Gasteiger partial charge is 0.161 e. The molecule has 84 valence electrons. The highest BCUT2D eigenvalue weighted by atomic mass is 15.0. The van der Waals surface area contributed by atoms with E-state index in [0.717, 1.165) is 5.69 Å². The zero-order valence-electron chi connectivity index (χ0n) is 11.8. The van der Waals surface area contributed by atoms with Crippen LogP contribution >= 0.6 is 0 Å². The third kappa shape index (κ3) is 3.58. The van der Waals surface area contributed by atoms with Crippen LogP contribution in [0.25, 0.3) is 0 Å². The van der Waals surface area contributed by atoms with E-state index >= 15 is 0 Å². The number of hydrogen-bond acceptors (Lipinski definition) is 1. The molecule has 15 heavy (non-hydrogen) atoms. The van der Waals surface area contributed by atoms with Crippen molar-refractivity contribution in [3.05, 3.63) is 29.8 Å². The van der Waals surface area contributed by atoms with Gasteiger partial charge >= 0.3 is 0 Å². The first-order valence-electron chi connectivity index (χ1n) is 5.97. The Morgan fingerprint density at radius 2 is 1.53 bits per heavy atom. The molecular weight excluding hydrogens is 182 g/mol. The largest absolute Gasteiger partial charge is 0.380 e. The Morgan fingerprint density at radius 1 is 1.00 bits per heavy atom. The van der Waals surface area contributed by atoms with Crippen molar-refractivity contribution in [2.75, 3.05) is 5.31 Å². The van der Waals surface area contributed by atoms with Gasteiger partial charge in [0, 0.05) is 11.2 Å². The average molecular weight is 206 g/mol. The van der Waals surface area contributed by atoms with Crippen LogP contribution in [0, 0.1) is 0 Å². The molecule has 1 heteroatoms. The molecule has 0 heterocycles. The minimum Gasteiger partial charge on any atom is -0.380 e. The Bertz CT molecular complexity index is 358. The zero-order chi connectivity index (χ0) is 12.6. The lowest BCUT2D eigenvalue weighted by Crippen LogP contribution is -2.28. The normalized spacial score (nSPS) is 13.6. The van der Waals surface area contributed by atoms with E-state index in [0.29, 0.717) is 0 Å². The van der Waals surface area contributed by atoms with Crippen molar-refractivity contribution < 1.29 is 1.41 Å². The summed E-state index contributed by atoms with van der Waals surface area (Å²) in [5.74, 6) is 0. The number of benzene rings is 1. The Balaban J connectivity index is 3.25. The van der Waals surface area contributed by atoms with Gasteiger partial charge in [0.25, 0.3) is 0 Å². The predicted molar refractivity (Wildman–Crippen MR) is 68.5 cm³/mol. The first-order valence-corrected chi connectivity index (χ1v) is 5.52. The molecule has 0 saturated heterocycles. The second-order valence-corrected chi connectivity index (χ2v) is 6.05. The lowest BCUT2D eigenvalue weighted by molar-refractivity contribution is 0.582. The Labute approximate surface area is 95.4 Å². The van der Waals surface area contributed by atoms with Crippen LogP contribution < -0.4 is 5.31 Å². The highest BCUT2D eigenvalue weighted by Gasteiger charge is 2.19. The lowest BCUT2D eigenvalue weighted by atomic mass is 9.85. The Kier molecular flexibility index (Phi) is 2.72. The Hall–Kier alpha value is -0.980. The van der Waals surface area contributed by atoms with Crippen molar-refractivity contribution in [1.29, 1.82) is 0 Å². The summed E-state index contributed by atoms with van der Waals surface area (Å²) in [6.07, 6.45) is 0. The summed E-state index contributed by atoms with van der Waals surface area (Å²) >= 11 is 0. The molecule has 0 atom stereocenters. The van der Waals surface area contributed by atoms with Gasteiger partial charge in [-0.05, 0) is 37.8 Å². The molecule has 0 spiro atoms. The topological polar surface area (TPSA) is 12.0 Å². The maximum atomic E-state index is 8.22. The first kappa shape index (κ1) is 10.5. The van der Waals surface area contributed by atoms with Crippen LogP contribution in [0.4, 0.5) is 5.69 Å². The number of hydrogen-bond donors (Lipinski definition) is 1. The molecule has 1 rings (SSSR count). The van der Waals surface area contributed by atoms with Crippen LogP contribution in [0.5, 0.6) is 0 Å². The molecule has 0 aliphatic carbocycles. The van der Waals surface area contributed by atoms with Crippen LogP contribution in [0.15, 0.2) is 24.3 Å². The zero-order valence-corrected chi connectivity index (χ0v) is 10.8. The molecule has 0 aliphatic rings. The van der Waals surface area contributed by atoms with Gasteiger partial charge < -0.3 is 5.31 Å². The second-order valence-electron chi connectivity index (χ2n) is 6.05. The molecule has 1 nitrogen and oxygen atoms in total. The van der Waals surface area contributed by atoms with Crippen molar-refractivity contribution in [1.82, 2.24) is 0 Å². The van der Waals surface area contributed by atoms with Gasteiger partial charge in [-0.15, -0.1) is 0 Å². The molecule has 0 unspecified atom stereocenters. The molecule has 1 aromatic rings. The highest BCUT2D eigenvalue weighted by Crippen LogP contribution is 2.30. The van der Waals surface area contributed by atoms with Crippen LogP contribution in [0.2, 0.25) is 1.41 Å². The van der Waals surface area contributed by atoms with Gasteiger partial charge in [0.05, 0.1) is 0 Å². The standard InChI is InChI=1S/C14H23N/c1-13(2,3)11-9-7-8-10-12(11)15-14(4,5)6/h7-10,15H,1-6H3/i/hD. The summed E-state index contributed by atoms with van der Waals surface area (Å²) < 4.78 is 8.22. The summed E-state index contributed by atoms with van der Waals surface area (Å²) in [5, 5.41) is 1.60. The average Bonchev–Trinajstić information content (AvgIpc) is 2.14. The van der Waals surface area contributed by atoms with E-state index < -0.39 is 0 Å². The molecule has 0 amide bonds. The fraction of sp³-hybridized carbons (Fsp3) is 0.571. The van der Waals surface area contributed by atoms with E-state index in [1.165, 1.54) is 5.56 Å². The van der Waals surface area contributed by atoms with Crippen LogP contribution in [-0.4, -0.2) is 5.54 Å². The van der Waals surface area contributed by atoms with Gasteiger partial charge in [0.1, 0.15) is 0 Å². The summed E-state index contributed by atoms with van der Waals surface area (Å²) in [4.78, 5) is 0. The van der Waals surface area contributed by atoms with Gasteiger partial charge in [0.15, 0.2) is 1.41 Å². The maximum absolute atomic E-state index is 8.22. The van der Waals surface area contributed by atoms with Gasteiger partial charge in [-0.3, -0.25) is 0 Å². The van der Waals surface area contributed by atoms with Gasteiger partial charge in [-0.1, -0.05) is 39.0 Å². The quantitative estimate of drug-likeness (QED) is 0.726. The third-order valence-electron chi connectivity index (χ3n) is 2.17. The fourth-order valence-electron chi connectivity index (χ4n) is 1.57. The lowest BCUT2D eigenvalue weighted by Gasteiger charge is -2.28. The summed E-state index contributed by atoms with van der Waals surface area (Å²) in [6.45, 7) is 12.7. The first-order chi connectivity index (χ1) is 7.14. The van der Waals surface area contributed by atoms with Crippen molar-refractivity contribution in [2.45, 2.75) is 52.5 Å². The molecular formula is C14H23N. The van der Waals surface area contributed by atoms with Crippen molar-refractivity contribution in [3.63, 3.8) is 0 Å². The van der Waals surface area contributed by atoms with Crippen LogP contribution in [0.3, 0.4) is 0 Å². The Morgan fingerprint density at radius 3 is 2.00 bits per heavy atom. The molecule has 0 aromatic heterocycles. The number of nitrogens with one attached hydrogen (secondary N) is 1. The van der Waals surface area contributed by atoms with E-state index in [1.807, 2.05) is 18.2 Å². The SMILES string of the molecule is [2H]N(c1ccccc1C(C)(C)C)C(C)(C)C. The number of anilines is 1. The highest BCUT2D eigenvalue weighted by molar-refractivity contribution is 5.55. The molecule has 0 bridgehead atoms. The molecule has 0 radical (unpaired) electrons. The van der Waals surface area contributed by atoms with E-state index in [2.05, 4.69) is 47.6 Å². The van der Waals surface area contributed by atoms with Gasteiger partial charge in [-0.25, -0.2) is 0 Å². The minimum absolute atomic E-state index is 0.0706. The van der Waals surface area contributed by atoms with E-state index in [9.17, 15) is 0 Å². The molecule has 1 N–H and O–H groups in total. The molecule has 0 aliphatic heterocycles. The minimum atomic E-state index is -0.179.